The van der Waals surface area contributed by atoms with Gasteiger partial charge >= 0.3 is 0 Å². The second kappa shape index (κ2) is 5.44. The Kier molecular flexibility index (Phi) is 3.33. The Labute approximate surface area is 117 Å². The minimum Gasteiger partial charge on any atom is -0.350 e. The number of allylic oxidation sites excluding steroid dienone is 3. The Bertz CT molecular complexity index is 643. The third-order valence-corrected chi connectivity index (χ3v) is 2.95. The van der Waals surface area contributed by atoms with Crippen LogP contribution >= 0.6 is 0 Å². The highest BCUT2D eigenvalue weighted by molar-refractivity contribution is 5.97. The fourth-order valence-corrected chi connectivity index (χ4v) is 1.97. The van der Waals surface area contributed by atoms with Gasteiger partial charge in [0.15, 0.2) is 0 Å². The molecule has 0 aromatic heterocycles. The molecule has 3 rings (SSSR count). The molecule has 1 aromatic carbocycles. The minimum atomic E-state index is -0.201. The van der Waals surface area contributed by atoms with Gasteiger partial charge in [-0.1, -0.05) is 30.4 Å². The van der Waals surface area contributed by atoms with Gasteiger partial charge < -0.3 is 5.32 Å². The van der Waals surface area contributed by atoms with E-state index in [1.54, 1.807) is 29.6 Å². The number of hydrazine groups is 1. The fourth-order valence-electron chi connectivity index (χ4n) is 1.97. The van der Waals surface area contributed by atoms with Crippen LogP contribution in [0.1, 0.15) is 5.56 Å². The van der Waals surface area contributed by atoms with Gasteiger partial charge in [-0.3, -0.25) is 20.2 Å². The van der Waals surface area contributed by atoms with Gasteiger partial charge in [-0.2, -0.15) is 0 Å². The first kappa shape index (κ1) is 12.2. The number of nitrogens with one attached hydrogen (secondary N) is 2. The summed E-state index contributed by atoms with van der Waals surface area (Å²) < 4.78 is 0. The van der Waals surface area contributed by atoms with Crippen molar-refractivity contribution in [2.45, 2.75) is 0 Å². The van der Waals surface area contributed by atoms with E-state index in [0.717, 1.165) is 11.3 Å². The zero-order valence-electron chi connectivity index (χ0n) is 10.8. The highest BCUT2D eigenvalue weighted by atomic mass is 16.2. The molecule has 0 saturated heterocycles. The van der Waals surface area contributed by atoms with E-state index >= 15 is 0 Å². The summed E-state index contributed by atoms with van der Waals surface area (Å²) in [5.74, 6) is -0.201. The van der Waals surface area contributed by atoms with Crippen LogP contribution in [0.2, 0.25) is 0 Å². The summed E-state index contributed by atoms with van der Waals surface area (Å²) in [5, 5.41) is 4.78. The first-order valence-corrected chi connectivity index (χ1v) is 6.31. The van der Waals surface area contributed by atoms with Gasteiger partial charge in [0.1, 0.15) is 12.4 Å². The number of benzene rings is 1. The van der Waals surface area contributed by atoms with Crippen molar-refractivity contribution in [2.24, 2.45) is 4.99 Å². The van der Waals surface area contributed by atoms with E-state index in [2.05, 4.69) is 15.7 Å². The van der Waals surface area contributed by atoms with E-state index in [-0.39, 0.29) is 5.91 Å². The molecule has 0 aliphatic carbocycles. The SMILES string of the molecule is O=C(NN1C=CC=NC1)C1=CC=Cc2ccccc2N1. The zero-order chi connectivity index (χ0) is 13.8. The molecule has 20 heavy (non-hydrogen) atoms. The van der Waals surface area contributed by atoms with E-state index < -0.39 is 0 Å². The smallest absolute Gasteiger partial charge is 0.286 e. The molecule has 1 amide bonds. The number of carbonyl (C=O) groups is 1. The summed E-state index contributed by atoms with van der Waals surface area (Å²) >= 11 is 0. The number of hydrogen-bond donors (Lipinski definition) is 2. The number of para-hydroxylation sites is 1. The van der Waals surface area contributed by atoms with Crippen molar-refractivity contribution < 1.29 is 4.79 Å². The summed E-state index contributed by atoms with van der Waals surface area (Å²) in [6, 6.07) is 7.84. The van der Waals surface area contributed by atoms with Crippen LogP contribution in [-0.2, 0) is 4.79 Å². The van der Waals surface area contributed by atoms with Crippen molar-refractivity contribution in [3.8, 4) is 0 Å². The van der Waals surface area contributed by atoms with Crippen molar-refractivity contribution in [1.82, 2.24) is 10.4 Å². The van der Waals surface area contributed by atoms with Crippen molar-refractivity contribution in [1.29, 1.82) is 0 Å². The van der Waals surface area contributed by atoms with E-state index in [1.165, 1.54) is 0 Å². The normalized spacial score (nSPS) is 16.0. The van der Waals surface area contributed by atoms with E-state index in [9.17, 15) is 4.79 Å². The predicted octanol–water partition coefficient (Wildman–Crippen LogP) is 1.90. The first-order chi connectivity index (χ1) is 9.83. The molecule has 2 heterocycles. The maximum atomic E-state index is 12.2. The molecule has 0 radical (unpaired) electrons. The molecule has 2 aliphatic heterocycles. The topological polar surface area (TPSA) is 56.7 Å². The van der Waals surface area contributed by atoms with Gasteiger partial charge in [0.05, 0.1) is 0 Å². The lowest BCUT2D eigenvalue weighted by Crippen LogP contribution is -2.41. The summed E-state index contributed by atoms with van der Waals surface area (Å²) in [5.41, 5.74) is 5.23. The molecule has 0 bridgehead atoms. The lowest BCUT2D eigenvalue weighted by Gasteiger charge is -2.21. The molecule has 0 fully saturated rings. The maximum Gasteiger partial charge on any atom is 0.286 e. The van der Waals surface area contributed by atoms with Gasteiger partial charge in [0.2, 0.25) is 0 Å². The Morgan fingerprint density at radius 1 is 1.30 bits per heavy atom. The second-order valence-electron chi connectivity index (χ2n) is 4.38. The lowest BCUT2D eigenvalue weighted by molar-refractivity contribution is -0.120. The summed E-state index contributed by atoms with van der Waals surface area (Å²) in [6.07, 6.45) is 10.8. The molecule has 0 saturated carbocycles. The number of anilines is 1. The van der Waals surface area contributed by atoms with Crippen LogP contribution in [0, 0.1) is 0 Å². The third-order valence-electron chi connectivity index (χ3n) is 2.95. The van der Waals surface area contributed by atoms with E-state index in [0.29, 0.717) is 12.4 Å². The van der Waals surface area contributed by atoms with Crippen LogP contribution in [-0.4, -0.2) is 23.8 Å². The number of carbonyl (C=O) groups excluding carboxylic acids is 1. The second-order valence-corrected chi connectivity index (χ2v) is 4.38. The van der Waals surface area contributed by atoms with Crippen LogP contribution in [0.25, 0.3) is 6.08 Å². The molecule has 100 valence electrons. The number of amides is 1. The number of rotatable bonds is 2. The van der Waals surface area contributed by atoms with Crippen LogP contribution in [0.4, 0.5) is 5.69 Å². The average Bonchev–Trinajstić information content (AvgIpc) is 2.70. The van der Waals surface area contributed by atoms with Gasteiger partial charge in [0.25, 0.3) is 5.91 Å². The van der Waals surface area contributed by atoms with Gasteiger partial charge in [0, 0.05) is 18.1 Å². The number of fused-ring (bicyclic) bond motifs is 1. The number of nitrogens with zero attached hydrogens (tertiary/aromatic N) is 2. The summed E-state index contributed by atoms with van der Waals surface area (Å²) in [7, 11) is 0. The molecule has 1 aromatic rings. The summed E-state index contributed by atoms with van der Waals surface area (Å²) in [4.78, 5) is 16.3. The Morgan fingerprint density at radius 3 is 3.05 bits per heavy atom. The summed E-state index contributed by atoms with van der Waals surface area (Å²) in [6.45, 7) is 0.419. The maximum absolute atomic E-state index is 12.2. The van der Waals surface area contributed by atoms with Gasteiger partial charge in [-0.25, -0.2) is 0 Å². The van der Waals surface area contributed by atoms with E-state index in [1.807, 2.05) is 36.4 Å². The van der Waals surface area contributed by atoms with Crippen molar-refractivity contribution in [3.63, 3.8) is 0 Å². The lowest BCUT2D eigenvalue weighted by atomic mass is 10.2. The van der Waals surface area contributed by atoms with Gasteiger partial charge in [-0.05, 0) is 23.8 Å². The Morgan fingerprint density at radius 2 is 2.20 bits per heavy atom. The Hall–Kier alpha value is -2.82. The zero-order valence-corrected chi connectivity index (χ0v) is 10.8. The monoisotopic (exact) mass is 266 g/mol. The Balaban J connectivity index is 1.73. The quantitative estimate of drug-likeness (QED) is 0.859. The van der Waals surface area contributed by atoms with Crippen LogP contribution in [0.5, 0.6) is 0 Å². The molecular weight excluding hydrogens is 252 g/mol. The molecule has 5 nitrogen and oxygen atoms in total. The van der Waals surface area contributed by atoms with Crippen molar-refractivity contribution in [3.05, 3.63) is 60.0 Å². The first-order valence-electron chi connectivity index (χ1n) is 6.31. The molecular formula is C15H14N4O. The van der Waals surface area contributed by atoms with E-state index in [4.69, 9.17) is 0 Å². The third kappa shape index (κ3) is 2.61. The predicted molar refractivity (Wildman–Crippen MR) is 79.7 cm³/mol. The molecule has 2 N–H and O–H groups in total. The average molecular weight is 266 g/mol. The molecule has 5 heteroatoms. The molecule has 0 unspecified atom stereocenters. The highest BCUT2D eigenvalue weighted by Crippen LogP contribution is 2.21. The van der Waals surface area contributed by atoms with Crippen molar-refractivity contribution >= 4 is 23.9 Å². The number of aliphatic imine (C=N–C) groups is 1. The molecule has 2 aliphatic rings. The molecule has 0 spiro atoms. The number of hydrogen-bond acceptors (Lipinski definition) is 4. The highest BCUT2D eigenvalue weighted by Gasteiger charge is 2.14. The largest absolute Gasteiger partial charge is 0.350 e. The van der Waals surface area contributed by atoms with Crippen LogP contribution in [0.15, 0.2) is 59.4 Å². The fraction of sp³-hybridized carbons (Fsp3) is 0.0667. The van der Waals surface area contributed by atoms with Crippen LogP contribution in [0.3, 0.4) is 0 Å². The van der Waals surface area contributed by atoms with Crippen LogP contribution < -0.4 is 10.7 Å². The van der Waals surface area contributed by atoms with Gasteiger partial charge in [-0.15, -0.1) is 0 Å². The molecule has 0 atom stereocenters. The van der Waals surface area contributed by atoms with Crippen molar-refractivity contribution in [2.75, 3.05) is 12.0 Å². The standard InChI is InChI=1S/C15H14N4O/c20-15(18-19-10-4-9-16-11-19)14-8-3-6-12-5-1-2-7-13(12)17-14/h1-10,17H,11H2,(H,18,20). The minimum absolute atomic E-state index is 0.201.